The Bertz CT molecular complexity index is 1220. The average Bonchev–Trinajstić information content (AvgIpc) is 3.22. The van der Waals surface area contributed by atoms with E-state index >= 15 is 0 Å². The lowest BCUT2D eigenvalue weighted by atomic mass is 10.1. The molecule has 7 nitrogen and oxygen atoms in total. The van der Waals surface area contributed by atoms with Crippen LogP contribution in [0.15, 0.2) is 84.9 Å². The minimum atomic E-state index is -0.973. The summed E-state index contributed by atoms with van der Waals surface area (Å²) < 4.78 is 15.1. The van der Waals surface area contributed by atoms with E-state index in [9.17, 15) is 19.3 Å². The Labute approximate surface area is 170 Å². The number of rotatable bonds is 5. The van der Waals surface area contributed by atoms with Crippen LogP contribution in [0.4, 0.5) is 15.8 Å². The van der Waals surface area contributed by atoms with Crippen molar-refractivity contribution in [2.75, 3.05) is 5.32 Å². The van der Waals surface area contributed by atoms with E-state index in [0.717, 1.165) is 17.7 Å². The summed E-state index contributed by atoms with van der Waals surface area (Å²) in [4.78, 5) is 23.1. The van der Waals surface area contributed by atoms with Gasteiger partial charge in [0.1, 0.15) is 5.69 Å². The largest absolute Gasteiger partial charge is 0.320 e. The van der Waals surface area contributed by atoms with Gasteiger partial charge in [0.15, 0.2) is 0 Å². The number of carbonyl (C=O) groups excluding carboxylic acids is 1. The molecule has 0 spiro atoms. The molecule has 0 bridgehead atoms. The van der Waals surface area contributed by atoms with Crippen molar-refractivity contribution < 1.29 is 14.1 Å². The van der Waals surface area contributed by atoms with Crippen molar-refractivity contribution in [2.24, 2.45) is 0 Å². The zero-order chi connectivity index (χ0) is 21.1. The number of nitro groups is 1. The predicted octanol–water partition coefficient (Wildman–Crippen LogP) is 4.84. The number of benzene rings is 3. The van der Waals surface area contributed by atoms with Crippen LogP contribution in [0.1, 0.15) is 10.5 Å². The fraction of sp³-hybridized carbons (Fsp3) is 0. The maximum Gasteiger partial charge on any atom is 0.306 e. The Morgan fingerprint density at radius 2 is 1.63 bits per heavy atom. The molecule has 1 N–H and O–H groups in total. The monoisotopic (exact) mass is 402 g/mol. The highest BCUT2D eigenvalue weighted by atomic mass is 19.1. The molecule has 0 saturated carbocycles. The molecule has 0 radical (unpaired) electrons. The second-order valence-corrected chi connectivity index (χ2v) is 6.41. The Kier molecular flexibility index (Phi) is 5.04. The van der Waals surface area contributed by atoms with Crippen LogP contribution in [0.2, 0.25) is 0 Å². The van der Waals surface area contributed by atoms with E-state index in [1.807, 2.05) is 48.5 Å². The van der Waals surface area contributed by atoms with E-state index in [1.165, 1.54) is 10.7 Å². The fourth-order valence-electron chi connectivity index (χ4n) is 2.98. The molecule has 0 aliphatic heterocycles. The lowest BCUT2D eigenvalue weighted by molar-refractivity contribution is -0.387. The summed E-state index contributed by atoms with van der Waals surface area (Å²) in [5.74, 6) is -1.51. The van der Waals surface area contributed by atoms with Crippen LogP contribution in [0.25, 0.3) is 16.9 Å². The minimum absolute atomic E-state index is 0.107. The highest BCUT2D eigenvalue weighted by Crippen LogP contribution is 2.25. The molecule has 0 unspecified atom stereocenters. The predicted molar refractivity (Wildman–Crippen MR) is 110 cm³/mol. The number of anilines is 1. The van der Waals surface area contributed by atoms with Crippen molar-refractivity contribution in [3.63, 3.8) is 0 Å². The van der Waals surface area contributed by atoms with Crippen molar-refractivity contribution in [3.05, 3.63) is 107 Å². The first kappa shape index (κ1) is 19.0. The smallest absolute Gasteiger partial charge is 0.306 e. The quantitative estimate of drug-likeness (QED) is 0.382. The van der Waals surface area contributed by atoms with Crippen LogP contribution in [-0.2, 0) is 0 Å². The minimum Gasteiger partial charge on any atom is -0.320 e. The molecule has 3 aromatic carbocycles. The second kappa shape index (κ2) is 7.96. The van der Waals surface area contributed by atoms with Gasteiger partial charge in [0.2, 0.25) is 5.82 Å². The molecule has 1 heterocycles. The molecule has 4 rings (SSSR count). The number of nitro benzene ring substituents is 1. The van der Waals surface area contributed by atoms with E-state index in [1.54, 1.807) is 18.2 Å². The van der Waals surface area contributed by atoms with Gasteiger partial charge in [-0.05, 0) is 30.3 Å². The second-order valence-electron chi connectivity index (χ2n) is 6.41. The van der Waals surface area contributed by atoms with Gasteiger partial charge in [-0.2, -0.15) is 9.49 Å². The summed E-state index contributed by atoms with van der Waals surface area (Å²) in [5, 5.41) is 18.1. The molecule has 4 aromatic rings. The van der Waals surface area contributed by atoms with Gasteiger partial charge in [0.25, 0.3) is 5.91 Å². The summed E-state index contributed by atoms with van der Waals surface area (Å²) in [6.07, 6.45) is 0. The van der Waals surface area contributed by atoms with Gasteiger partial charge in [0, 0.05) is 17.3 Å². The van der Waals surface area contributed by atoms with Gasteiger partial charge in [-0.3, -0.25) is 14.9 Å². The average molecular weight is 402 g/mol. The van der Waals surface area contributed by atoms with Crippen molar-refractivity contribution in [1.82, 2.24) is 9.78 Å². The number of para-hydroxylation sites is 1. The van der Waals surface area contributed by atoms with Crippen LogP contribution >= 0.6 is 0 Å². The summed E-state index contributed by atoms with van der Waals surface area (Å²) in [6, 6.07) is 23.3. The number of aromatic nitrogens is 2. The van der Waals surface area contributed by atoms with Crippen molar-refractivity contribution in [3.8, 4) is 16.9 Å². The van der Waals surface area contributed by atoms with Crippen LogP contribution in [0, 0.1) is 15.9 Å². The molecule has 0 aliphatic rings. The summed E-state index contributed by atoms with van der Waals surface area (Å²) in [6.45, 7) is 0. The molecule has 0 fully saturated rings. The van der Waals surface area contributed by atoms with Gasteiger partial charge in [-0.1, -0.05) is 48.5 Å². The lowest BCUT2D eigenvalue weighted by Crippen LogP contribution is -2.17. The summed E-state index contributed by atoms with van der Waals surface area (Å²) >= 11 is 0. The van der Waals surface area contributed by atoms with E-state index < -0.39 is 22.3 Å². The molecule has 148 valence electrons. The van der Waals surface area contributed by atoms with Crippen LogP contribution < -0.4 is 5.32 Å². The van der Waals surface area contributed by atoms with Gasteiger partial charge < -0.3 is 5.32 Å². The van der Waals surface area contributed by atoms with Gasteiger partial charge in [-0.25, -0.2) is 4.68 Å². The van der Waals surface area contributed by atoms with Crippen LogP contribution in [0.5, 0.6) is 0 Å². The maximum atomic E-state index is 13.6. The molecule has 0 aliphatic carbocycles. The van der Waals surface area contributed by atoms with E-state index in [2.05, 4.69) is 10.4 Å². The molecular weight excluding hydrogens is 387 g/mol. The zero-order valence-electron chi connectivity index (χ0n) is 15.5. The number of nitrogens with zero attached hydrogens (tertiary/aromatic N) is 3. The molecule has 0 saturated heterocycles. The Morgan fingerprint density at radius 3 is 2.30 bits per heavy atom. The SMILES string of the molecule is O=C(Nc1ccc(F)c([N+](=O)[O-])c1)c1cc(-c2ccccc2)nn1-c1ccccc1. The first-order chi connectivity index (χ1) is 14.5. The zero-order valence-corrected chi connectivity index (χ0v) is 15.5. The number of nitrogens with one attached hydrogen (secondary N) is 1. The van der Waals surface area contributed by atoms with Crippen LogP contribution in [-0.4, -0.2) is 20.6 Å². The first-order valence-electron chi connectivity index (χ1n) is 8.99. The summed E-state index contributed by atoms with van der Waals surface area (Å²) in [7, 11) is 0. The number of hydrogen-bond donors (Lipinski definition) is 1. The number of amides is 1. The molecule has 1 aromatic heterocycles. The molecule has 1 amide bonds. The third-order valence-corrected chi connectivity index (χ3v) is 4.41. The van der Waals surface area contributed by atoms with E-state index in [-0.39, 0.29) is 11.4 Å². The Hall–Kier alpha value is -4.33. The molecule has 30 heavy (non-hydrogen) atoms. The van der Waals surface area contributed by atoms with Gasteiger partial charge >= 0.3 is 5.69 Å². The highest BCUT2D eigenvalue weighted by molar-refractivity contribution is 6.04. The lowest BCUT2D eigenvalue weighted by Gasteiger charge is -2.08. The summed E-state index contributed by atoms with van der Waals surface area (Å²) in [5.41, 5.74) is 1.72. The number of halogens is 1. The third kappa shape index (κ3) is 3.79. The van der Waals surface area contributed by atoms with Crippen molar-refractivity contribution in [1.29, 1.82) is 0 Å². The standard InChI is InChI=1S/C22H15FN4O3/c23-18-12-11-16(13-20(18)27(29)30)24-22(28)21-14-19(15-7-3-1-4-8-15)25-26(21)17-9-5-2-6-10-17/h1-14H,(H,24,28). The molecular formula is C22H15FN4O3. The Balaban J connectivity index is 1.74. The molecule has 8 heteroatoms. The van der Waals surface area contributed by atoms with E-state index in [0.29, 0.717) is 11.4 Å². The van der Waals surface area contributed by atoms with Crippen LogP contribution in [0.3, 0.4) is 0 Å². The highest BCUT2D eigenvalue weighted by Gasteiger charge is 2.20. The number of hydrogen-bond acceptors (Lipinski definition) is 4. The first-order valence-corrected chi connectivity index (χ1v) is 8.99. The van der Waals surface area contributed by atoms with Gasteiger partial charge in [0.05, 0.1) is 16.3 Å². The van der Waals surface area contributed by atoms with Crippen molar-refractivity contribution in [2.45, 2.75) is 0 Å². The molecule has 0 atom stereocenters. The normalized spacial score (nSPS) is 10.6. The fourth-order valence-corrected chi connectivity index (χ4v) is 2.98. The van der Waals surface area contributed by atoms with Gasteiger partial charge in [-0.15, -0.1) is 0 Å². The third-order valence-electron chi connectivity index (χ3n) is 4.41. The van der Waals surface area contributed by atoms with E-state index in [4.69, 9.17) is 0 Å². The van der Waals surface area contributed by atoms with Crippen molar-refractivity contribution >= 4 is 17.3 Å². The number of carbonyl (C=O) groups is 1. The maximum absolute atomic E-state index is 13.6. The topological polar surface area (TPSA) is 90.1 Å². The Morgan fingerprint density at radius 1 is 0.967 bits per heavy atom.